The third-order valence-electron chi connectivity index (χ3n) is 4.91. The average Bonchev–Trinajstić information content (AvgIpc) is 3.19. The predicted molar refractivity (Wildman–Crippen MR) is 126 cm³/mol. The first kappa shape index (κ1) is 23.3. The van der Waals surface area contributed by atoms with Crippen LogP contribution in [0.3, 0.4) is 0 Å². The number of halogens is 3. The SMILES string of the molecule is O=C(CSc1ccccc1)Nc1cccc([C@H]2SCC(=O)N2c2ccc(C(F)(F)F)cc2)c1. The summed E-state index contributed by atoms with van der Waals surface area (Å²) < 4.78 is 38.7. The quantitative estimate of drug-likeness (QED) is 0.419. The van der Waals surface area contributed by atoms with E-state index in [9.17, 15) is 22.8 Å². The number of hydrogen-bond acceptors (Lipinski definition) is 4. The monoisotopic (exact) mass is 488 g/mol. The summed E-state index contributed by atoms with van der Waals surface area (Å²) in [4.78, 5) is 27.4. The van der Waals surface area contributed by atoms with Crippen LogP contribution in [0.15, 0.2) is 83.8 Å². The van der Waals surface area contributed by atoms with Gasteiger partial charge in [-0.3, -0.25) is 14.5 Å². The van der Waals surface area contributed by atoms with Crippen LogP contribution >= 0.6 is 23.5 Å². The second kappa shape index (κ2) is 9.93. The fraction of sp³-hybridized carbons (Fsp3) is 0.167. The average molecular weight is 489 g/mol. The molecule has 33 heavy (non-hydrogen) atoms. The number of rotatable bonds is 6. The molecule has 0 unspecified atom stereocenters. The van der Waals surface area contributed by atoms with E-state index < -0.39 is 17.1 Å². The normalized spacial score (nSPS) is 16.2. The number of benzene rings is 3. The van der Waals surface area contributed by atoms with E-state index in [1.165, 1.54) is 40.6 Å². The van der Waals surface area contributed by atoms with E-state index in [0.29, 0.717) is 11.4 Å². The molecule has 4 nitrogen and oxygen atoms in total. The maximum Gasteiger partial charge on any atom is 0.416 e. The third kappa shape index (κ3) is 5.72. The van der Waals surface area contributed by atoms with Crippen molar-refractivity contribution in [3.8, 4) is 0 Å². The molecule has 3 aromatic carbocycles. The molecule has 4 rings (SSSR count). The number of nitrogens with one attached hydrogen (secondary N) is 1. The Hall–Kier alpha value is -2.91. The molecule has 0 aromatic heterocycles. The summed E-state index contributed by atoms with van der Waals surface area (Å²) in [5.74, 6) is 0.132. The summed E-state index contributed by atoms with van der Waals surface area (Å²) in [6.45, 7) is 0. The predicted octanol–water partition coefficient (Wildman–Crippen LogP) is 6.21. The first-order chi connectivity index (χ1) is 15.8. The number of thioether (sulfide) groups is 2. The lowest BCUT2D eigenvalue weighted by Gasteiger charge is -2.25. The van der Waals surface area contributed by atoms with Crippen LogP contribution in [-0.2, 0) is 15.8 Å². The fourth-order valence-corrected chi connectivity index (χ4v) is 5.28. The van der Waals surface area contributed by atoms with Crippen LogP contribution in [0.5, 0.6) is 0 Å². The standard InChI is InChI=1S/C24H19F3N2O2S2/c25-24(26,27)17-9-11-19(12-10-17)29-22(31)15-33-23(29)16-5-4-6-18(13-16)28-21(30)14-32-20-7-2-1-3-8-20/h1-13,23H,14-15H2,(H,28,30)/t23-/m1/s1. The summed E-state index contributed by atoms with van der Waals surface area (Å²) in [7, 11) is 0. The molecule has 3 aromatic rings. The summed E-state index contributed by atoms with van der Waals surface area (Å²) >= 11 is 2.82. The molecule has 2 amide bonds. The van der Waals surface area contributed by atoms with Gasteiger partial charge in [0.15, 0.2) is 0 Å². The van der Waals surface area contributed by atoms with Crippen molar-refractivity contribution < 1.29 is 22.8 Å². The molecular formula is C24H19F3N2O2S2. The van der Waals surface area contributed by atoms with Gasteiger partial charge < -0.3 is 5.32 Å². The maximum absolute atomic E-state index is 12.9. The second-order valence-electron chi connectivity index (χ2n) is 7.25. The van der Waals surface area contributed by atoms with E-state index in [1.807, 2.05) is 36.4 Å². The Morgan fingerprint density at radius 2 is 1.76 bits per heavy atom. The Bertz CT molecular complexity index is 1140. The van der Waals surface area contributed by atoms with Gasteiger partial charge in [-0.15, -0.1) is 23.5 Å². The highest BCUT2D eigenvalue weighted by Gasteiger charge is 2.35. The van der Waals surface area contributed by atoms with Crippen LogP contribution in [0.25, 0.3) is 0 Å². The topological polar surface area (TPSA) is 49.4 Å². The summed E-state index contributed by atoms with van der Waals surface area (Å²) in [6, 6.07) is 21.3. The smallest absolute Gasteiger partial charge is 0.325 e. The zero-order valence-corrected chi connectivity index (χ0v) is 18.8. The first-order valence-corrected chi connectivity index (χ1v) is 12.0. The van der Waals surface area contributed by atoms with Crippen molar-refractivity contribution in [3.05, 3.63) is 90.0 Å². The van der Waals surface area contributed by atoms with E-state index in [0.717, 1.165) is 22.6 Å². The van der Waals surface area contributed by atoms with Gasteiger partial charge in [0.1, 0.15) is 5.37 Å². The molecule has 1 N–H and O–H groups in total. The number of amides is 2. The van der Waals surface area contributed by atoms with Gasteiger partial charge in [-0.25, -0.2) is 0 Å². The van der Waals surface area contributed by atoms with E-state index in [1.54, 1.807) is 18.2 Å². The van der Waals surface area contributed by atoms with Gasteiger partial charge in [-0.2, -0.15) is 13.2 Å². The summed E-state index contributed by atoms with van der Waals surface area (Å²) in [5.41, 5.74) is 1.01. The van der Waals surface area contributed by atoms with Crippen molar-refractivity contribution in [1.82, 2.24) is 0 Å². The van der Waals surface area contributed by atoms with Crippen LogP contribution in [0.4, 0.5) is 24.5 Å². The lowest BCUT2D eigenvalue weighted by molar-refractivity contribution is -0.137. The van der Waals surface area contributed by atoms with Gasteiger partial charge in [0.25, 0.3) is 0 Å². The van der Waals surface area contributed by atoms with E-state index in [-0.39, 0.29) is 23.3 Å². The molecule has 0 bridgehead atoms. The Morgan fingerprint density at radius 3 is 2.45 bits per heavy atom. The molecule has 0 radical (unpaired) electrons. The highest BCUT2D eigenvalue weighted by molar-refractivity contribution is 8.00. The van der Waals surface area contributed by atoms with Crippen LogP contribution < -0.4 is 10.2 Å². The van der Waals surface area contributed by atoms with Gasteiger partial charge in [0.2, 0.25) is 11.8 Å². The Kier molecular flexibility index (Phi) is 6.99. The van der Waals surface area contributed by atoms with E-state index >= 15 is 0 Å². The van der Waals surface area contributed by atoms with Crippen molar-refractivity contribution in [2.75, 3.05) is 21.7 Å². The molecule has 170 valence electrons. The molecule has 0 spiro atoms. The van der Waals surface area contributed by atoms with Gasteiger partial charge in [0, 0.05) is 16.3 Å². The highest BCUT2D eigenvalue weighted by Crippen LogP contribution is 2.43. The Balaban J connectivity index is 1.47. The molecular weight excluding hydrogens is 469 g/mol. The van der Waals surface area contributed by atoms with Crippen molar-refractivity contribution in [2.24, 2.45) is 0 Å². The van der Waals surface area contributed by atoms with Crippen molar-refractivity contribution >= 4 is 46.7 Å². The molecule has 1 aliphatic heterocycles. The molecule has 1 aliphatic rings. The van der Waals surface area contributed by atoms with Crippen LogP contribution in [0.2, 0.25) is 0 Å². The lowest BCUT2D eigenvalue weighted by atomic mass is 10.1. The number of alkyl halides is 3. The van der Waals surface area contributed by atoms with E-state index in [4.69, 9.17) is 0 Å². The number of hydrogen-bond donors (Lipinski definition) is 1. The zero-order chi connectivity index (χ0) is 23.4. The fourth-order valence-electron chi connectivity index (χ4n) is 3.39. The Labute approximate surface area is 197 Å². The van der Waals surface area contributed by atoms with Crippen molar-refractivity contribution in [3.63, 3.8) is 0 Å². The first-order valence-electron chi connectivity index (χ1n) is 10.00. The van der Waals surface area contributed by atoms with Crippen LogP contribution in [0, 0.1) is 0 Å². The minimum absolute atomic E-state index is 0.157. The largest absolute Gasteiger partial charge is 0.416 e. The minimum Gasteiger partial charge on any atom is -0.325 e. The Morgan fingerprint density at radius 1 is 1.03 bits per heavy atom. The second-order valence-corrected chi connectivity index (χ2v) is 9.36. The van der Waals surface area contributed by atoms with Gasteiger partial charge in [-0.1, -0.05) is 30.3 Å². The van der Waals surface area contributed by atoms with Crippen LogP contribution in [-0.4, -0.2) is 23.3 Å². The van der Waals surface area contributed by atoms with Gasteiger partial charge >= 0.3 is 6.18 Å². The number of anilines is 2. The molecule has 1 saturated heterocycles. The number of carbonyl (C=O) groups excluding carboxylic acids is 2. The number of nitrogens with zero attached hydrogens (tertiary/aromatic N) is 1. The molecule has 0 saturated carbocycles. The zero-order valence-electron chi connectivity index (χ0n) is 17.2. The summed E-state index contributed by atoms with van der Waals surface area (Å²) in [6.07, 6.45) is -4.44. The van der Waals surface area contributed by atoms with E-state index in [2.05, 4.69) is 5.32 Å². The van der Waals surface area contributed by atoms with Crippen molar-refractivity contribution in [2.45, 2.75) is 16.4 Å². The van der Waals surface area contributed by atoms with Gasteiger partial charge in [-0.05, 0) is 54.1 Å². The molecule has 1 heterocycles. The molecule has 1 atom stereocenters. The molecule has 9 heteroatoms. The third-order valence-corrected chi connectivity index (χ3v) is 7.13. The van der Waals surface area contributed by atoms with Gasteiger partial charge in [0.05, 0.1) is 17.1 Å². The molecule has 1 fully saturated rings. The van der Waals surface area contributed by atoms with Crippen LogP contribution in [0.1, 0.15) is 16.5 Å². The minimum atomic E-state index is -4.44. The molecule has 0 aliphatic carbocycles. The van der Waals surface area contributed by atoms with Crippen molar-refractivity contribution in [1.29, 1.82) is 0 Å². The number of carbonyl (C=O) groups is 2. The lowest BCUT2D eigenvalue weighted by Crippen LogP contribution is -2.28. The summed E-state index contributed by atoms with van der Waals surface area (Å²) in [5, 5.41) is 2.47. The maximum atomic E-state index is 12.9. The highest BCUT2D eigenvalue weighted by atomic mass is 32.2.